The van der Waals surface area contributed by atoms with Gasteiger partial charge in [-0.05, 0) is 0 Å². The van der Waals surface area contributed by atoms with Crippen molar-refractivity contribution in [3.8, 4) is 17.7 Å². The van der Waals surface area contributed by atoms with Gasteiger partial charge >= 0.3 is 0 Å². The topological polar surface area (TPSA) is 95.9 Å². The molecular weight excluding hydrogens is 246 g/mol. The Bertz CT molecular complexity index is 700. The highest BCUT2D eigenvalue weighted by Gasteiger charge is 2.29. The van der Waals surface area contributed by atoms with E-state index in [1.807, 2.05) is 6.07 Å². The number of aromatic nitrogens is 3. The van der Waals surface area contributed by atoms with Gasteiger partial charge in [-0.1, -0.05) is 0 Å². The number of carbonyl (C=O) groups is 1. The number of fused-ring (bicyclic) bond motifs is 1. The number of anilines is 1. The first-order chi connectivity index (χ1) is 9.19. The van der Waals surface area contributed by atoms with Gasteiger partial charge in [0.25, 0.3) is 0 Å². The summed E-state index contributed by atoms with van der Waals surface area (Å²) in [6.45, 7) is 1.71. The van der Waals surface area contributed by atoms with Crippen molar-refractivity contribution in [2.75, 3.05) is 11.4 Å². The van der Waals surface area contributed by atoms with Gasteiger partial charge in [0.15, 0.2) is 17.5 Å². The summed E-state index contributed by atoms with van der Waals surface area (Å²) in [5, 5.41) is 8.74. The standard InChI is InChI=1S/C12H9N5O2/c1-7-14-6-9(19-7)11-15-5-8-4-10(18)17(3-2-13)12(8)16-11/h5-6H,3-4H2,1H3. The Balaban J connectivity index is 2.05. The average Bonchev–Trinajstić information content (AvgIpc) is 2.95. The molecule has 0 saturated carbocycles. The van der Waals surface area contributed by atoms with E-state index in [9.17, 15) is 4.79 Å². The third kappa shape index (κ3) is 1.83. The number of rotatable bonds is 2. The number of carbonyl (C=O) groups excluding carboxylic acids is 1. The largest absolute Gasteiger partial charge is 0.438 e. The van der Waals surface area contributed by atoms with Crippen molar-refractivity contribution in [1.29, 1.82) is 5.26 Å². The molecule has 0 bridgehead atoms. The Morgan fingerprint density at radius 1 is 1.47 bits per heavy atom. The molecule has 7 heteroatoms. The molecule has 0 aliphatic carbocycles. The van der Waals surface area contributed by atoms with Crippen LogP contribution in [0.2, 0.25) is 0 Å². The number of aryl methyl sites for hydroxylation is 1. The van der Waals surface area contributed by atoms with Gasteiger partial charge < -0.3 is 4.42 Å². The van der Waals surface area contributed by atoms with Gasteiger partial charge in [0, 0.05) is 18.7 Å². The lowest BCUT2D eigenvalue weighted by atomic mass is 10.3. The fraction of sp³-hybridized carbons (Fsp3) is 0.250. The van der Waals surface area contributed by atoms with Crippen molar-refractivity contribution < 1.29 is 9.21 Å². The van der Waals surface area contributed by atoms with E-state index in [4.69, 9.17) is 9.68 Å². The molecule has 2 aromatic heterocycles. The van der Waals surface area contributed by atoms with E-state index in [1.165, 1.54) is 11.1 Å². The molecule has 2 aromatic rings. The van der Waals surface area contributed by atoms with Crippen molar-refractivity contribution in [3.63, 3.8) is 0 Å². The first-order valence-electron chi connectivity index (χ1n) is 5.65. The van der Waals surface area contributed by atoms with E-state index in [0.29, 0.717) is 23.3 Å². The van der Waals surface area contributed by atoms with E-state index >= 15 is 0 Å². The van der Waals surface area contributed by atoms with Crippen LogP contribution in [0.1, 0.15) is 11.5 Å². The van der Waals surface area contributed by atoms with Gasteiger partial charge in [0.05, 0.1) is 18.7 Å². The number of hydrogen-bond donors (Lipinski definition) is 0. The zero-order chi connectivity index (χ0) is 13.4. The van der Waals surface area contributed by atoms with E-state index < -0.39 is 0 Å². The summed E-state index contributed by atoms with van der Waals surface area (Å²) in [6, 6.07) is 1.95. The monoisotopic (exact) mass is 255 g/mol. The third-order valence-corrected chi connectivity index (χ3v) is 2.81. The first kappa shape index (κ1) is 11.3. The maximum absolute atomic E-state index is 11.7. The molecule has 0 atom stereocenters. The number of hydrogen-bond acceptors (Lipinski definition) is 6. The van der Waals surface area contributed by atoms with Crippen molar-refractivity contribution in [2.24, 2.45) is 0 Å². The van der Waals surface area contributed by atoms with Gasteiger partial charge in [-0.3, -0.25) is 9.69 Å². The molecule has 3 heterocycles. The second-order valence-corrected chi connectivity index (χ2v) is 4.10. The molecule has 0 radical (unpaired) electrons. The van der Waals surface area contributed by atoms with Crippen LogP contribution in [0.5, 0.6) is 0 Å². The summed E-state index contributed by atoms with van der Waals surface area (Å²) in [7, 11) is 0. The zero-order valence-corrected chi connectivity index (χ0v) is 10.1. The molecule has 19 heavy (non-hydrogen) atoms. The highest BCUT2D eigenvalue weighted by atomic mass is 16.4. The summed E-state index contributed by atoms with van der Waals surface area (Å²) in [5.41, 5.74) is 0.722. The lowest BCUT2D eigenvalue weighted by molar-refractivity contribution is -0.117. The highest BCUT2D eigenvalue weighted by molar-refractivity contribution is 6.00. The van der Waals surface area contributed by atoms with Gasteiger partial charge in [-0.15, -0.1) is 0 Å². The normalized spacial score (nSPS) is 13.5. The Labute approximate surface area is 108 Å². The predicted molar refractivity (Wildman–Crippen MR) is 63.9 cm³/mol. The predicted octanol–water partition coefficient (Wildman–Crippen LogP) is 0.853. The quantitative estimate of drug-likeness (QED) is 0.738. The minimum atomic E-state index is -0.142. The van der Waals surface area contributed by atoms with Crippen molar-refractivity contribution >= 4 is 11.7 Å². The Kier molecular flexibility index (Phi) is 2.49. The van der Waals surface area contributed by atoms with Crippen LogP contribution in [0.4, 0.5) is 5.82 Å². The summed E-state index contributed by atoms with van der Waals surface area (Å²) in [4.78, 5) is 25.5. The van der Waals surface area contributed by atoms with Gasteiger partial charge in [-0.25, -0.2) is 15.0 Å². The van der Waals surface area contributed by atoms with Crippen molar-refractivity contribution in [1.82, 2.24) is 15.0 Å². The smallest absolute Gasteiger partial charge is 0.233 e. The second kappa shape index (κ2) is 4.17. The van der Waals surface area contributed by atoms with Gasteiger partial charge in [-0.2, -0.15) is 5.26 Å². The van der Waals surface area contributed by atoms with Crippen molar-refractivity contribution in [3.05, 3.63) is 23.8 Å². The number of oxazole rings is 1. The van der Waals surface area contributed by atoms with Crippen LogP contribution >= 0.6 is 0 Å². The number of nitrogens with zero attached hydrogens (tertiary/aromatic N) is 5. The van der Waals surface area contributed by atoms with Gasteiger partial charge in [0.2, 0.25) is 5.91 Å². The fourth-order valence-electron chi connectivity index (χ4n) is 1.95. The Morgan fingerprint density at radius 2 is 2.32 bits per heavy atom. The summed E-state index contributed by atoms with van der Waals surface area (Å²) >= 11 is 0. The molecule has 1 amide bonds. The summed E-state index contributed by atoms with van der Waals surface area (Å²) < 4.78 is 5.35. The molecule has 3 rings (SSSR count). The van der Waals surface area contributed by atoms with E-state index in [2.05, 4.69) is 15.0 Å². The van der Waals surface area contributed by atoms with Gasteiger partial charge in [0.1, 0.15) is 12.4 Å². The van der Waals surface area contributed by atoms with Crippen LogP contribution in [0.25, 0.3) is 11.6 Å². The van der Waals surface area contributed by atoms with Crippen LogP contribution < -0.4 is 4.90 Å². The molecule has 94 valence electrons. The van der Waals surface area contributed by atoms with Crippen LogP contribution in [0.15, 0.2) is 16.8 Å². The summed E-state index contributed by atoms with van der Waals surface area (Å²) in [6.07, 6.45) is 3.35. The molecule has 1 aliphatic heterocycles. The average molecular weight is 255 g/mol. The van der Waals surface area contributed by atoms with E-state index in [1.54, 1.807) is 13.1 Å². The molecule has 1 aliphatic rings. The Hall–Kier alpha value is -2.75. The van der Waals surface area contributed by atoms with Crippen LogP contribution in [0.3, 0.4) is 0 Å². The van der Waals surface area contributed by atoms with E-state index in [-0.39, 0.29) is 18.9 Å². The number of nitriles is 1. The van der Waals surface area contributed by atoms with Crippen LogP contribution in [-0.4, -0.2) is 27.4 Å². The number of amides is 1. The molecule has 7 nitrogen and oxygen atoms in total. The minimum Gasteiger partial charge on any atom is -0.438 e. The lowest BCUT2D eigenvalue weighted by Gasteiger charge is -2.11. The van der Waals surface area contributed by atoms with Crippen LogP contribution in [0, 0.1) is 18.3 Å². The molecule has 0 fully saturated rings. The maximum Gasteiger partial charge on any atom is 0.233 e. The lowest BCUT2D eigenvalue weighted by Crippen LogP contribution is -2.27. The van der Waals surface area contributed by atoms with E-state index in [0.717, 1.165) is 5.56 Å². The molecule has 0 saturated heterocycles. The first-order valence-corrected chi connectivity index (χ1v) is 5.65. The molecule has 0 aromatic carbocycles. The molecular formula is C12H9N5O2. The fourth-order valence-corrected chi connectivity index (χ4v) is 1.95. The zero-order valence-electron chi connectivity index (χ0n) is 10.1. The molecule has 0 spiro atoms. The highest BCUT2D eigenvalue weighted by Crippen LogP contribution is 2.28. The Morgan fingerprint density at radius 3 is 3.00 bits per heavy atom. The third-order valence-electron chi connectivity index (χ3n) is 2.81. The van der Waals surface area contributed by atoms with Crippen molar-refractivity contribution in [2.45, 2.75) is 13.3 Å². The second-order valence-electron chi connectivity index (χ2n) is 4.10. The van der Waals surface area contributed by atoms with Crippen LogP contribution in [-0.2, 0) is 11.2 Å². The summed E-state index contributed by atoms with van der Waals surface area (Å²) in [5.74, 6) is 1.65. The molecule has 0 N–H and O–H groups in total. The minimum absolute atomic E-state index is 0.0162. The molecule has 0 unspecified atom stereocenters. The SMILES string of the molecule is Cc1ncc(-c2ncc3c(n2)N(CC#N)C(=O)C3)o1. The maximum atomic E-state index is 11.7.